The molecule has 0 saturated heterocycles. The van der Waals surface area contributed by atoms with Crippen LogP contribution in [0.1, 0.15) is 5.56 Å². The number of nitrogens with one attached hydrogen (secondary N) is 1. The number of rotatable bonds is 3. The maximum absolute atomic E-state index is 13.5. The van der Waals surface area contributed by atoms with Gasteiger partial charge >= 0.3 is 0 Å². The Balaban J connectivity index is 2.26. The Labute approximate surface area is 136 Å². The number of benzene rings is 2. The molecule has 1 N–H and O–H groups in total. The van der Waals surface area contributed by atoms with Crippen molar-refractivity contribution in [2.24, 2.45) is 0 Å². The number of halogens is 3. The van der Waals surface area contributed by atoms with Crippen LogP contribution in [-0.2, 0) is 4.79 Å². The van der Waals surface area contributed by atoms with Gasteiger partial charge in [0, 0.05) is 0 Å². The number of nitriles is 1. The fourth-order valence-electron chi connectivity index (χ4n) is 1.67. The van der Waals surface area contributed by atoms with Gasteiger partial charge in [-0.05, 0) is 35.9 Å². The Hall–Kier alpha value is -2.35. The SMILES string of the molecule is N#C/C(=C\c1ccc(Cl)c(Cl)c1)C(=O)Nc1ccccc1F. The summed E-state index contributed by atoms with van der Waals surface area (Å²) in [5.41, 5.74) is 0.360. The van der Waals surface area contributed by atoms with Crippen molar-refractivity contribution in [3.05, 3.63) is 69.5 Å². The highest BCUT2D eigenvalue weighted by Crippen LogP contribution is 2.24. The summed E-state index contributed by atoms with van der Waals surface area (Å²) in [6, 6.07) is 12.2. The molecule has 0 radical (unpaired) electrons. The van der Waals surface area contributed by atoms with Crippen molar-refractivity contribution in [1.82, 2.24) is 0 Å². The van der Waals surface area contributed by atoms with Gasteiger partial charge in [0.15, 0.2) is 0 Å². The maximum atomic E-state index is 13.5. The minimum Gasteiger partial charge on any atom is -0.319 e. The van der Waals surface area contributed by atoms with E-state index in [1.165, 1.54) is 30.3 Å². The third kappa shape index (κ3) is 3.85. The fraction of sp³-hybridized carbons (Fsp3) is 0. The quantitative estimate of drug-likeness (QED) is 0.654. The highest BCUT2D eigenvalue weighted by atomic mass is 35.5. The van der Waals surface area contributed by atoms with E-state index in [9.17, 15) is 9.18 Å². The summed E-state index contributed by atoms with van der Waals surface area (Å²) in [5.74, 6) is -1.29. The maximum Gasteiger partial charge on any atom is 0.266 e. The molecule has 2 aromatic rings. The number of hydrogen-bond acceptors (Lipinski definition) is 2. The highest BCUT2D eigenvalue weighted by Gasteiger charge is 2.12. The first-order valence-corrected chi connectivity index (χ1v) is 6.89. The molecule has 3 nitrogen and oxygen atoms in total. The van der Waals surface area contributed by atoms with Gasteiger partial charge in [0.2, 0.25) is 0 Å². The van der Waals surface area contributed by atoms with Crippen molar-refractivity contribution in [2.45, 2.75) is 0 Å². The lowest BCUT2D eigenvalue weighted by molar-refractivity contribution is -0.112. The standard InChI is InChI=1S/C16H9Cl2FN2O/c17-12-6-5-10(8-13(12)18)7-11(9-20)16(22)21-15-4-2-1-3-14(15)19/h1-8H,(H,21,22)/b11-7+. The van der Waals surface area contributed by atoms with Crippen molar-refractivity contribution in [3.63, 3.8) is 0 Å². The van der Waals surface area contributed by atoms with Crippen molar-refractivity contribution < 1.29 is 9.18 Å². The van der Waals surface area contributed by atoms with Crippen LogP contribution in [0.4, 0.5) is 10.1 Å². The van der Waals surface area contributed by atoms with E-state index in [4.69, 9.17) is 28.5 Å². The second kappa shape index (κ2) is 7.08. The van der Waals surface area contributed by atoms with E-state index < -0.39 is 11.7 Å². The zero-order chi connectivity index (χ0) is 16.1. The average Bonchev–Trinajstić information content (AvgIpc) is 2.50. The number of hydrogen-bond donors (Lipinski definition) is 1. The molecule has 0 atom stereocenters. The van der Waals surface area contributed by atoms with E-state index in [0.717, 1.165) is 0 Å². The summed E-state index contributed by atoms with van der Waals surface area (Å²) in [5, 5.41) is 12.1. The number of carbonyl (C=O) groups excluding carboxylic acids is 1. The predicted octanol–water partition coefficient (Wildman–Crippen LogP) is 4.68. The molecule has 0 heterocycles. The molecule has 0 aliphatic rings. The van der Waals surface area contributed by atoms with Gasteiger partial charge in [0.1, 0.15) is 17.5 Å². The van der Waals surface area contributed by atoms with E-state index in [0.29, 0.717) is 15.6 Å². The summed E-state index contributed by atoms with van der Waals surface area (Å²) >= 11 is 11.7. The van der Waals surface area contributed by atoms with Crippen molar-refractivity contribution in [2.75, 3.05) is 5.32 Å². The van der Waals surface area contributed by atoms with Crippen LogP contribution in [0, 0.1) is 17.1 Å². The predicted molar refractivity (Wildman–Crippen MR) is 85.1 cm³/mol. The minimum atomic E-state index is -0.710. The van der Waals surface area contributed by atoms with Gasteiger partial charge in [-0.2, -0.15) is 5.26 Å². The zero-order valence-electron chi connectivity index (χ0n) is 11.1. The van der Waals surface area contributed by atoms with Gasteiger partial charge in [0.05, 0.1) is 15.7 Å². The first-order valence-electron chi connectivity index (χ1n) is 6.14. The van der Waals surface area contributed by atoms with Crippen LogP contribution in [0.5, 0.6) is 0 Å². The summed E-state index contributed by atoms with van der Waals surface area (Å²) < 4.78 is 13.5. The normalized spacial score (nSPS) is 10.9. The van der Waals surface area contributed by atoms with E-state index in [-0.39, 0.29) is 11.3 Å². The summed E-state index contributed by atoms with van der Waals surface area (Å²) in [6.07, 6.45) is 1.35. The number of amides is 1. The first-order chi connectivity index (χ1) is 10.5. The molecule has 0 fully saturated rings. The molecule has 2 rings (SSSR count). The van der Waals surface area contributed by atoms with Crippen LogP contribution in [-0.4, -0.2) is 5.91 Å². The van der Waals surface area contributed by atoms with Crippen molar-refractivity contribution in [3.8, 4) is 6.07 Å². The number of anilines is 1. The van der Waals surface area contributed by atoms with Crippen LogP contribution in [0.25, 0.3) is 6.08 Å². The van der Waals surface area contributed by atoms with Gasteiger partial charge < -0.3 is 5.32 Å². The van der Waals surface area contributed by atoms with Gasteiger partial charge in [-0.1, -0.05) is 41.4 Å². The highest BCUT2D eigenvalue weighted by molar-refractivity contribution is 6.42. The molecule has 110 valence electrons. The molecule has 0 aliphatic carbocycles. The summed E-state index contributed by atoms with van der Waals surface area (Å²) in [4.78, 5) is 12.0. The summed E-state index contributed by atoms with van der Waals surface area (Å²) in [7, 11) is 0. The van der Waals surface area contributed by atoms with E-state index >= 15 is 0 Å². The second-order valence-corrected chi connectivity index (χ2v) is 5.09. The largest absolute Gasteiger partial charge is 0.319 e. The smallest absolute Gasteiger partial charge is 0.266 e. The second-order valence-electron chi connectivity index (χ2n) is 4.28. The van der Waals surface area contributed by atoms with Crippen molar-refractivity contribution in [1.29, 1.82) is 5.26 Å². The molecule has 0 bridgehead atoms. The molecule has 0 aromatic heterocycles. The van der Waals surface area contributed by atoms with Gasteiger partial charge in [0.25, 0.3) is 5.91 Å². The summed E-state index contributed by atoms with van der Waals surface area (Å²) in [6.45, 7) is 0. The van der Waals surface area contributed by atoms with E-state index in [1.54, 1.807) is 24.3 Å². The van der Waals surface area contributed by atoms with Crippen molar-refractivity contribution >= 4 is 40.9 Å². The van der Waals surface area contributed by atoms with Crippen LogP contribution < -0.4 is 5.32 Å². The topological polar surface area (TPSA) is 52.9 Å². The lowest BCUT2D eigenvalue weighted by atomic mass is 10.1. The number of nitrogens with zero attached hydrogens (tertiary/aromatic N) is 1. The van der Waals surface area contributed by atoms with Gasteiger partial charge in [-0.3, -0.25) is 4.79 Å². The number of para-hydroxylation sites is 1. The Morgan fingerprint density at radius 2 is 1.91 bits per heavy atom. The Morgan fingerprint density at radius 3 is 2.55 bits per heavy atom. The Morgan fingerprint density at radius 1 is 1.18 bits per heavy atom. The lowest BCUT2D eigenvalue weighted by Crippen LogP contribution is -2.14. The molecule has 0 aliphatic heterocycles. The van der Waals surface area contributed by atoms with Gasteiger partial charge in [-0.25, -0.2) is 4.39 Å². The molecule has 22 heavy (non-hydrogen) atoms. The molecule has 0 spiro atoms. The molecule has 0 unspecified atom stereocenters. The monoisotopic (exact) mass is 334 g/mol. The molecule has 1 amide bonds. The zero-order valence-corrected chi connectivity index (χ0v) is 12.6. The lowest BCUT2D eigenvalue weighted by Gasteiger charge is -2.05. The fourth-order valence-corrected chi connectivity index (χ4v) is 1.98. The molecular weight excluding hydrogens is 326 g/mol. The van der Waals surface area contributed by atoms with E-state index in [2.05, 4.69) is 5.32 Å². The van der Waals surface area contributed by atoms with Gasteiger partial charge in [-0.15, -0.1) is 0 Å². The molecule has 0 saturated carbocycles. The minimum absolute atomic E-state index is 0.00258. The molecular formula is C16H9Cl2FN2O. The average molecular weight is 335 g/mol. The Kier molecular flexibility index (Phi) is 5.16. The van der Waals surface area contributed by atoms with E-state index in [1.807, 2.05) is 0 Å². The van der Waals surface area contributed by atoms with Crippen LogP contribution in [0.15, 0.2) is 48.0 Å². The molecule has 2 aromatic carbocycles. The first kappa shape index (κ1) is 16.0. The van der Waals surface area contributed by atoms with Crippen LogP contribution >= 0.6 is 23.2 Å². The molecule has 6 heteroatoms. The van der Waals surface area contributed by atoms with Crippen LogP contribution in [0.2, 0.25) is 10.0 Å². The van der Waals surface area contributed by atoms with Crippen LogP contribution in [0.3, 0.4) is 0 Å². The number of carbonyl (C=O) groups is 1. The Bertz CT molecular complexity index is 797. The third-order valence-corrected chi connectivity index (χ3v) is 3.48. The third-order valence-electron chi connectivity index (χ3n) is 2.74.